The molecule has 2 rings (SSSR count). The van der Waals surface area contributed by atoms with Crippen LogP contribution in [0.5, 0.6) is 0 Å². The number of hydrogen-bond donors (Lipinski definition) is 1. The van der Waals surface area contributed by atoms with Crippen molar-refractivity contribution in [3.8, 4) is 0 Å². The molecule has 2 unspecified atom stereocenters. The molecule has 1 N–H and O–H groups in total. The summed E-state index contributed by atoms with van der Waals surface area (Å²) in [5.74, 6) is 0. The first kappa shape index (κ1) is 19.2. The second kappa shape index (κ2) is 8.80. The van der Waals surface area contributed by atoms with Gasteiger partial charge in [0.25, 0.3) is 0 Å². The average Bonchev–Trinajstić information content (AvgIpc) is 2.99. The standard InChI is InChI=1S/C17H24F3NO3/c1-21(9-13-5-2-3-7-16(13)17(18,19)20)10-14(22)11-23-12-15-6-4-8-24-15/h2-3,5,7,14-15,22H,4,6,8-12H2,1H3. The highest BCUT2D eigenvalue weighted by atomic mass is 19.4. The van der Waals surface area contributed by atoms with Crippen molar-refractivity contribution < 1.29 is 27.8 Å². The molecule has 4 nitrogen and oxygen atoms in total. The number of alkyl halides is 3. The van der Waals surface area contributed by atoms with E-state index in [0.29, 0.717) is 6.61 Å². The van der Waals surface area contributed by atoms with E-state index in [9.17, 15) is 18.3 Å². The number of ether oxygens (including phenoxy) is 2. The summed E-state index contributed by atoms with van der Waals surface area (Å²) in [4.78, 5) is 1.66. The SMILES string of the molecule is CN(Cc1ccccc1C(F)(F)F)CC(O)COCC1CCCO1. The molecule has 1 aliphatic heterocycles. The maximum absolute atomic E-state index is 13.0. The number of aliphatic hydroxyl groups excluding tert-OH is 1. The Morgan fingerprint density at radius 1 is 1.38 bits per heavy atom. The first-order chi connectivity index (χ1) is 11.4. The lowest BCUT2D eigenvalue weighted by atomic mass is 10.1. The molecule has 0 bridgehead atoms. The molecule has 0 saturated carbocycles. The molecule has 136 valence electrons. The second-order valence-electron chi connectivity index (χ2n) is 6.18. The third kappa shape index (κ3) is 6.05. The van der Waals surface area contributed by atoms with E-state index in [1.54, 1.807) is 18.0 Å². The first-order valence-electron chi connectivity index (χ1n) is 8.07. The van der Waals surface area contributed by atoms with Crippen molar-refractivity contribution in [2.24, 2.45) is 0 Å². The topological polar surface area (TPSA) is 41.9 Å². The van der Waals surface area contributed by atoms with Gasteiger partial charge in [-0.2, -0.15) is 13.2 Å². The van der Waals surface area contributed by atoms with Crippen LogP contribution in [0.25, 0.3) is 0 Å². The fourth-order valence-electron chi connectivity index (χ4n) is 2.81. The van der Waals surface area contributed by atoms with Crippen molar-refractivity contribution in [2.45, 2.75) is 37.8 Å². The monoisotopic (exact) mass is 347 g/mol. The Hall–Kier alpha value is -1.15. The Kier molecular flexibility index (Phi) is 7.03. The second-order valence-corrected chi connectivity index (χ2v) is 6.18. The third-order valence-electron chi connectivity index (χ3n) is 3.92. The van der Waals surface area contributed by atoms with Crippen molar-refractivity contribution >= 4 is 0 Å². The summed E-state index contributed by atoms with van der Waals surface area (Å²) in [5.41, 5.74) is -0.444. The van der Waals surface area contributed by atoms with Crippen LogP contribution in [-0.2, 0) is 22.2 Å². The average molecular weight is 347 g/mol. The number of rotatable bonds is 8. The van der Waals surface area contributed by atoms with Crippen LogP contribution in [-0.4, -0.2) is 55.6 Å². The quantitative estimate of drug-likeness (QED) is 0.785. The molecular formula is C17H24F3NO3. The fourth-order valence-corrected chi connectivity index (χ4v) is 2.81. The highest BCUT2D eigenvalue weighted by Gasteiger charge is 2.33. The van der Waals surface area contributed by atoms with Gasteiger partial charge in [-0.25, -0.2) is 0 Å². The number of likely N-dealkylation sites (N-methyl/N-ethyl adjacent to an activating group) is 1. The minimum absolute atomic E-state index is 0.0913. The van der Waals surface area contributed by atoms with Gasteiger partial charge in [-0.15, -0.1) is 0 Å². The van der Waals surface area contributed by atoms with Crippen LogP contribution in [0.3, 0.4) is 0 Å². The molecule has 0 aromatic heterocycles. The Labute approximate surface area is 140 Å². The van der Waals surface area contributed by atoms with Gasteiger partial charge >= 0.3 is 6.18 Å². The van der Waals surface area contributed by atoms with E-state index in [1.165, 1.54) is 12.1 Å². The van der Waals surface area contributed by atoms with Gasteiger partial charge in [0.1, 0.15) is 0 Å². The lowest BCUT2D eigenvalue weighted by molar-refractivity contribution is -0.138. The van der Waals surface area contributed by atoms with Crippen molar-refractivity contribution in [3.63, 3.8) is 0 Å². The van der Waals surface area contributed by atoms with Gasteiger partial charge in [0, 0.05) is 19.7 Å². The molecule has 2 atom stereocenters. The van der Waals surface area contributed by atoms with Gasteiger partial charge in [0.2, 0.25) is 0 Å². The van der Waals surface area contributed by atoms with E-state index in [-0.39, 0.29) is 31.4 Å². The van der Waals surface area contributed by atoms with Gasteiger partial charge < -0.3 is 14.6 Å². The Morgan fingerprint density at radius 2 is 2.12 bits per heavy atom. The smallest absolute Gasteiger partial charge is 0.389 e. The summed E-state index contributed by atoms with van der Waals surface area (Å²) in [6, 6.07) is 5.49. The van der Waals surface area contributed by atoms with Crippen LogP contribution in [0.2, 0.25) is 0 Å². The van der Waals surface area contributed by atoms with Gasteiger partial charge in [0.15, 0.2) is 0 Å². The van der Waals surface area contributed by atoms with E-state index in [2.05, 4.69) is 0 Å². The molecule has 1 aliphatic rings. The molecule has 1 aromatic rings. The zero-order valence-electron chi connectivity index (χ0n) is 13.8. The normalized spacial score (nSPS) is 19.8. The summed E-state index contributed by atoms with van der Waals surface area (Å²) < 4.78 is 49.8. The lowest BCUT2D eigenvalue weighted by Gasteiger charge is -2.22. The van der Waals surface area contributed by atoms with Crippen LogP contribution in [0.1, 0.15) is 24.0 Å². The molecule has 0 amide bonds. The number of aliphatic hydroxyl groups is 1. The summed E-state index contributed by atoms with van der Waals surface area (Å²) >= 11 is 0. The third-order valence-corrected chi connectivity index (χ3v) is 3.92. The van der Waals surface area contributed by atoms with E-state index in [1.807, 2.05) is 0 Å². The molecule has 7 heteroatoms. The van der Waals surface area contributed by atoms with Crippen LogP contribution in [0, 0.1) is 0 Å². The lowest BCUT2D eigenvalue weighted by Crippen LogP contribution is -2.33. The minimum Gasteiger partial charge on any atom is -0.389 e. The summed E-state index contributed by atoms with van der Waals surface area (Å²) in [6.07, 6.45) is -3.05. The summed E-state index contributed by atoms with van der Waals surface area (Å²) in [7, 11) is 1.68. The van der Waals surface area contributed by atoms with E-state index in [4.69, 9.17) is 9.47 Å². The summed E-state index contributed by atoms with van der Waals surface area (Å²) in [6.45, 7) is 1.68. The van der Waals surface area contributed by atoms with Crippen molar-refractivity contribution in [1.29, 1.82) is 0 Å². The molecule has 1 aromatic carbocycles. The Balaban J connectivity index is 1.77. The summed E-state index contributed by atoms with van der Waals surface area (Å²) in [5, 5.41) is 9.97. The van der Waals surface area contributed by atoms with Crippen molar-refractivity contribution in [3.05, 3.63) is 35.4 Å². The van der Waals surface area contributed by atoms with Crippen LogP contribution >= 0.6 is 0 Å². The predicted molar refractivity (Wildman–Crippen MR) is 83.6 cm³/mol. The van der Waals surface area contributed by atoms with Crippen LogP contribution in [0.15, 0.2) is 24.3 Å². The van der Waals surface area contributed by atoms with E-state index < -0.39 is 17.8 Å². The van der Waals surface area contributed by atoms with Gasteiger partial charge in [-0.1, -0.05) is 18.2 Å². The maximum Gasteiger partial charge on any atom is 0.416 e. The first-order valence-corrected chi connectivity index (χ1v) is 8.07. The van der Waals surface area contributed by atoms with Crippen molar-refractivity contribution in [1.82, 2.24) is 4.90 Å². The van der Waals surface area contributed by atoms with Gasteiger partial charge in [-0.3, -0.25) is 4.90 Å². The van der Waals surface area contributed by atoms with Gasteiger partial charge in [-0.05, 0) is 31.5 Å². The van der Waals surface area contributed by atoms with E-state index >= 15 is 0 Å². The van der Waals surface area contributed by atoms with Crippen LogP contribution in [0.4, 0.5) is 13.2 Å². The fraction of sp³-hybridized carbons (Fsp3) is 0.647. The minimum atomic E-state index is -4.37. The van der Waals surface area contributed by atoms with Gasteiger partial charge in [0.05, 0.1) is 31.0 Å². The predicted octanol–water partition coefficient (Wildman–Crippen LogP) is 2.69. The molecule has 24 heavy (non-hydrogen) atoms. The van der Waals surface area contributed by atoms with E-state index in [0.717, 1.165) is 25.5 Å². The number of halogens is 3. The van der Waals surface area contributed by atoms with Crippen molar-refractivity contribution in [2.75, 3.05) is 33.4 Å². The number of nitrogens with zero attached hydrogens (tertiary/aromatic N) is 1. The largest absolute Gasteiger partial charge is 0.416 e. The highest BCUT2D eigenvalue weighted by Crippen LogP contribution is 2.32. The Morgan fingerprint density at radius 3 is 2.79 bits per heavy atom. The molecule has 1 fully saturated rings. The molecule has 0 radical (unpaired) electrons. The number of hydrogen-bond acceptors (Lipinski definition) is 4. The molecule has 0 aliphatic carbocycles. The molecular weight excluding hydrogens is 323 g/mol. The maximum atomic E-state index is 13.0. The highest BCUT2D eigenvalue weighted by molar-refractivity contribution is 5.29. The zero-order chi connectivity index (χ0) is 17.6. The number of benzene rings is 1. The van der Waals surface area contributed by atoms with Crippen LogP contribution < -0.4 is 0 Å². The Bertz CT molecular complexity index is 504. The molecule has 0 spiro atoms. The zero-order valence-corrected chi connectivity index (χ0v) is 13.8. The molecule has 1 saturated heterocycles. The molecule has 1 heterocycles.